The zero-order chi connectivity index (χ0) is 10.9. The summed E-state index contributed by atoms with van der Waals surface area (Å²) in [6.45, 7) is 0. The molecule has 0 aromatic heterocycles. The molecule has 1 saturated carbocycles. The molecule has 1 aromatic rings. The van der Waals surface area contributed by atoms with Gasteiger partial charge in [0.1, 0.15) is 0 Å². The SMILES string of the molecule is C#CC1(c2ccc(OC)c(OC)c2)CC1. The quantitative estimate of drug-likeness (QED) is 0.700. The Morgan fingerprint density at radius 2 is 1.87 bits per heavy atom. The number of hydrogen-bond acceptors (Lipinski definition) is 2. The van der Waals surface area contributed by atoms with Gasteiger partial charge >= 0.3 is 0 Å². The maximum atomic E-state index is 5.54. The molecule has 2 heteroatoms. The van der Waals surface area contributed by atoms with Crippen molar-refractivity contribution in [2.75, 3.05) is 14.2 Å². The van der Waals surface area contributed by atoms with Gasteiger partial charge in [-0.3, -0.25) is 0 Å². The summed E-state index contributed by atoms with van der Waals surface area (Å²) in [7, 11) is 3.27. The Labute approximate surface area is 90.2 Å². The van der Waals surface area contributed by atoms with Crippen LogP contribution in [-0.4, -0.2) is 14.2 Å². The molecule has 0 N–H and O–H groups in total. The van der Waals surface area contributed by atoms with Gasteiger partial charge in [0.15, 0.2) is 11.5 Å². The van der Waals surface area contributed by atoms with Crippen molar-refractivity contribution in [1.29, 1.82) is 0 Å². The van der Waals surface area contributed by atoms with Crippen molar-refractivity contribution in [3.8, 4) is 23.8 Å². The zero-order valence-electron chi connectivity index (χ0n) is 9.04. The number of hydrogen-bond donors (Lipinski definition) is 0. The average molecular weight is 202 g/mol. The van der Waals surface area contributed by atoms with E-state index in [4.69, 9.17) is 15.9 Å². The fourth-order valence-corrected chi connectivity index (χ4v) is 1.78. The van der Waals surface area contributed by atoms with Gasteiger partial charge in [-0.1, -0.05) is 12.0 Å². The highest BCUT2D eigenvalue weighted by Gasteiger charge is 2.42. The van der Waals surface area contributed by atoms with E-state index in [0.717, 1.165) is 29.9 Å². The van der Waals surface area contributed by atoms with E-state index < -0.39 is 0 Å². The summed E-state index contributed by atoms with van der Waals surface area (Å²) in [5.74, 6) is 4.35. The van der Waals surface area contributed by atoms with Gasteiger partial charge in [0.05, 0.1) is 19.6 Å². The first kappa shape index (κ1) is 9.92. The second-order valence-electron chi connectivity index (χ2n) is 3.80. The van der Waals surface area contributed by atoms with E-state index in [0.29, 0.717) is 0 Å². The molecule has 0 saturated heterocycles. The summed E-state index contributed by atoms with van der Waals surface area (Å²) in [6.07, 6.45) is 7.68. The molecule has 1 fully saturated rings. The van der Waals surface area contributed by atoms with Gasteiger partial charge in [-0.15, -0.1) is 6.42 Å². The van der Waals surface area contributed by atoms with Crippen LogP contribution in [0.25, 0.3) is 0 Å². The van der Waals surface area contributed by atoms with Crippen LogP contribution in [0.15, 0.2) is 18.2 Å². The molecule has 0 radical (unpaired) electrons. The first-order valence-electron chi connectivity index (χ1n) is 4.96. The Bertz CT molecular complexity index is 411. The molecule has 1 aliphatic carbocycles. The molecule has 0 bridgehead atoms. The van der Waals surface area contributed by atoms with Gasteiger partial charge in [-0.05, 0) is 30.5 Å². The first-order valence-corrected chi connectivity index (χ1v) is 4.96. The molecule has 0 unspecified atom stereocenters. The lowest BCUT2D eigenvalue weighted by atomic mass is 9.97. The molecule has 2 nitrogen and oxygen atoms in total. The maximum Gasteiger partial charge on any atom is 0.161 e. The van der Waals surface area contributed by atoms with Crippen molar-refractivity contribution < 1.29 is 9.47 Å². The molecule has 0 aliphatic heterocycles. The standard InChI is InChI=1S/C13H14O2/c1-4-13(7-8-13)10-5-6-11(14-2)12(9-10)15-3/h1,5-6,9H,7-8H2,2-3H3. The van der Waals surface area contributed by atoms with E-state index in [2.05, 4.69) is 5.92 Å². The van der Waals surface area contributed by atoms with Gasteiger partial charge in [-0.2, -0.15) is 0 Å². The normalized spacial score (nSPS) is 16.6. The highest BCUT2D eigenvalue weighted by atomic mass is 16.5. The number of methoxy groups -OCH3 is 2. The molecular formula is C13H14O2. The second kappa shape index (κ2) is 3.51. The maximum absolute atomic E-state index is 5.54. The lowest BCUT2D eigenvalue weighted by Crippen LogP contribution is -2.03. The van der Waals surface area contributed by atoms with Gasteiger partial charge in [-0.25, -0.2) is 0 Å². The Morgan fingerprint density at radius 1 is 1.20 bits per heavy atom. The Balaban J connectivity index is 2.40. The van der Waals surface area contributed by atoms with Crippen molar-refractivity contribution in [3.63, 3.8) is 0 Å². The van der Waals surface area contributed by atoms with Crippen molar-refractivity contribution in [1.82, 2.24) is 0 Å². The largest absolute Gasteiger partial charge is 0.493 e. The van der Waals surface area contributed by atoms with Crippen molar-refractivity contribution in [2.24, 2.45) is 0 Å². The van der Waals surface area contributed by atoms with Gasteiger partial charge in [0.25, 0.3) is 0 Å². The van der Waals surface area contributed by atoms with Gasteiger partial charge in [0.2, 0.25) is 0 Å². The van der Waals surface area contributed by atoms with Crippen LogP contribution in [-0.2, 0) is 5.41 Å². The summed E-state index contributed by atoms with van der Waals surface area (Å²) >= 11 is 0. The van der Waals surface area contributed by atoms with Crippen molar-refractivity contribution in [3.05, 3.63) is 23.8 Å². The minimum atomic E-state index is -0.0421. The van der Waals surface area contributed by atoms with Crippen LogP contribution in [0.3, 0.4) is 0 Å². The smallest absolute Gasteiger partial charge is 0.161 e. The van der Waals surface area contributed by atoms with Crippen LogP contribution in [0.5, 0.6) is 11.5 Å². The summed E-state index contributed by atoms with van der Waals surface area (Å²) in [6, 6.07) is 5.91. The minimum Gasteiger partial charge on any atom is -0.493 e. The Hall–Kier alpha value is -1.62. The molecule has 78 valence electrons. The fourth-order valence-electron chi connectivity index (χ4n) is 1.78. The number of rotatable bonds is 3. The summed E-state index contributed by atoms with van der Waals surface area (Å²) in [4.78, 5) is 0. The van der Waals surface area contributed by atoms with E-state index in [-0.39, 0.29) is 5.41 Å². The molecule has 1 aliphatic rings. The van der Waals surface area contributed by atoms with Crippen LogP contribution < -0.4 is 9.47 Å². The predicted octanol–water partition coefficient (Wildman–Crippen LogP) is 2.37. The summed E-state index contributed by atoms with van der Waals surface area (Å²) < 4.78 is 10.4. The summed E-state index contributed by atoms with van der Waals surface area (Å²) in [5, 5.41) is 0. The molecule has 0 heterocycles. The van der Waals surface area contributed by atoms with Gasteiger partial charge < -0.3 is 9.47 Å². The fraction of sp³-hybridized carbons (Fsp3) is 0.385. The van der Waals surface area contributed by atoms with Crippen LogP contribution in [0.2, 0.25) is 0 Å². The summed E-state index contributed by atoms with van der Waals surface area (Å²) in [5.41, 5.74) is 1.11. The molecule has 0 spiro atoms. The monoisotopic (exact) mass is 202 g/mol. The van der Waals surface area contributed by atoms with Crippen LogP contribution >= 0.6 is 0 Å². The number of benzene rings is 1. The first-order chi connectivity index (χ1) is 7.25. The lowest BCUT2D eigenvalue weighted by molar-refractivity contribution is 0.354. The molecular weight excluding hydrogens is 188 g/mol. The van der Waals surface area contributed by atoms with Gasteiger partial charge in [0, 0.05) is 0 Å². The number of terminal acetylenes is 1. The highest BCUT2D eigenvalue weighted by Crippen LogP contribution is 2.49. The Kier molecular flexibility index (Phi) is 2.32. The topological polar surface area (TPSA) is 18.5 Å². The van der Waals surface area contributed by atoms with Crippen molar-refractivity contribution >= 4 is 0 Å². The van der Waals surface area contributed by atoms with Crippen molar-refractivity contribution in [2.45, 2.75) is 18.3 Å². The molecule has 0 atom stereocenters. The highest BCUT2D eigenvalue weighted by molar-refractivity contribution is 5.50. The minimum absolute atomic E-state index is 0.0421. The molecule has 15 heavy (non-hydrogen) atoms. The third-order valence-electron chi connectivity index (χ3n) is 2.96. The predicted molar refractivity (Wildman–Crippen MR) is 59.3 cm³/mol. The van der Waals surface area contributed by atoms with E-state index in [1.54, 1.807) is 14.2 Å². The zero-order valence-corrected chi connectivity index (χ0v) is 9.04. The third-order valence-corrected chi connectivity index (χ3v) is 2.96. The van der Waals surface area contributed by atoms with E-state index in [1.807, 2.05) is 18.2 Å². The van der Waals surface area contributed by atoms with Crippen LogP contribution in [0.1, 0.15) is 18.4 Å². The molecule has 2 rings (SSSR count). The number of ether oxygens (including phenoxy) is 2. The molecule has 1 aromatic carbocycles. The second-order valence-corrected chi connectivity index (χ2v) is 3.80. The Morgan fingerprint density at radius 3 is 2.33 bits per heavy atom. The van der Waals surface area contributed by atoms with Crippen LogP contribution in [0, 0.1) is 12.3 Å². The van der Waals surface area contributed by atoms with E-state index >= 15 is 0 Å². The van der Waals surface area contributed by atoms with E-state index in [9.17, 15) is 0 Å². The van der Waals surface area contributed by atoms with Crippen LogP contribution in [0.4, 0.5) is 0 Å². The third kappa shape index (κ3) is 1.55. The van der Waals surface area contributed by atoms with E-state index in [1.165, 1.54) is 0 Å². The average Bonchev–Trinajstić information content (AvgIpc) is 3.09. The molecule has 0 amide bonds. The lowest BCUT2D eigenvalue weighted by Gasteiger charge is -2.12.